The van der Waals surface area contributed by atoms with Crippen LogP contribution in [0.5, 0.6) is 5.75 Å². The average Bonchev–Trinajstić information content (AvgIpc) is 3.22. The summed E-state index contributed by atoms with van der Waals surface area (Å²) in [6.45, 7) is 8.88. The highest BCUT2D eigenvalue weighted by Crippen LogP contribution is 2.22. The van der Waals surface area contributed by atoms with Crippen molar-refractivity contribution in [1.82, 2.24) is 19.6 Å². The number of ether oxygens (including phenoxy) is 1. The van der Waals surface area contributed by atoms with E-state index in [2.05, 4.69) is 39.4 Å². The Labute approximate surface area is 190 Å². The van der Waals surface area contributed by atoms with E-state index in [1.165, 1.54) is 30.8 Å². The number of hydrogen-bond acceptors (Lipinski definition) is 7. The number of benzene rings is 1. The van der Waals surface area contributed by atoms with Crippen LogP contribution in [0.3, 0.4) is 0 Å². The number of amides is 1. The van der Waals surface area contributed by atoms with E-state index in [4.69, 9.17) is 9.72 Å². The Kier molecular flexibility index (Phi) is 9.09. The highest BCUT2D eigenvalue weighted by molar-refractivity contribution is 7.09. The number of nitrogens with zero attached hydrogens (tertiary/aromatic N) is 4. The van der Waals surface area contributed by atoms with Gasteiger partial charge in [-0.05, 0) is 57.5 Å². The lowest BCUT2D eigenvalue weighted by atomic mass is 10.1. The molecule has 7 nitrogen and oxygen atoms in total. The zero-order valence-electron chi connectivity index (χ0n) is 19.0. The Morgan fingerprint density at radius 3 is 2.84 bits per heavy atom. The lowest BCUT2D eigenvalue weighted by molar-refractivity contribution is -0.120. The van der Waals surface area contributed by atoms with Crippen LogP contribution in [0.2, 0.25) is 0 Å². The van der Waals surface area contributed by atoms with Crippen molar-refractivity contribution in [2.75, 3.05) is 44.7 Å². The molecule has 0 aliphatic carbocycles. The first-order valence-corrected chi connectivity index (χ1v) is 12.0. The molecular formula is C23H35N5O2S. The van der Waals surface area contributed by atoms with Crippen LogP contribution in [0.4, 0.5) is 5.13 Å². The number of methoxy groups -OCH3 is 1. The summed E-state index contributed by atoms with van der Waals surface area (Å²) >= 11 is 1.40. The highest BCUT2D eigenvalue weighted by Gasteiger charge is 2.18. The maximum absolute atomic E-state index is 12.3. The van der Waals surface area contributed by atoms with E-state index in [9.17, 15) is 4.79 Å². The maximum atomic E-state index is 12.3. The van der Waals surface area contributed by atoms with Crippen molar-refractivity contribution in [1.29, 1.82) is 0 Å². The van der Waals surface area contributed by atoms with Gasteiger partial charge in [0, 0.05) is 50.1 Å². The lowest BCUT2D eigenvalue weighted by Gasteiger charge is -2.27. The van der Waals surface area contributed by atoms with E-state index in [1.807, 2.05) is 18.2 Å². The molecule has 1 saturated heterocycles. The summed E-state index contributed by atoms with van der Waals surface area (Å²) in [5, 5.41) is 3.94. The fourth-order valence-corrected chi connectivity index (χ4v) is 4.67. The molecule has 31 heavy (non-hydrogen) atoms. The molecule has 0 bridgehead atoms. The fraction of sp³-hybridized carbons (Fsp3) is 0.609. The number of carbonyl (C=O) groups excluding carboxylic acids is 1. The number of aromatic nitrogens is 2. The standard InChI is InChI=1S/C23H35N5O2S/c1-18(2)28(14-10-22(29)24-11-15-27-12-5-4-6-13-27)23-25-21(26-31-23)17-19-8-7-9-20(16-19)30-3/h7-9,16,18H,4-6,10-15,17H2,1-3H3,(H,24,29). The van der Waals surface area contributed by atoms with Crippen molar-refractivity contribution in [2.45, 2.75) is 52.0 Å². The Bertz CT molecular complexity index is 820. The number of likely N-dealkylation sites (tertiary alicyclic amines) is 1. The molecule has 1 fully saturated rings. The van der Waals surface area contributed by atoms with Gasteiger partial charge in [0.2, 0.25) is 11.0 Å². The molecule has 2 aromatic rings. The zero-order chi connectivity index (χ0) is 22.1. The Hall–Kier alpha value is -2.19. The van der Waals surface area contributed by atoms with Crippen LogP contribution in [0, 0.1) is 0 Å². The summed E-state index contributed by atoms with van der Waals surface area (Å²) in [5.41, 5.74) is 1.12. The molecule has 8 heteroatoms. The van der Waals surface area contributed by atoms with Gasteiger partial charge in [0.25, 0.3) is 0 Å². The molecule has 1 aromatic heterocycles. The first-order chi connectivity index (χ1) is 15.0. The molecule has 0 saturated carbocycles. The minimum absolute atomic E-state index is 0.101. The van der Waals surface area contributed by atoms with Gasteiger partial charge in [0.05, 0.1) is 7.11 Å². The van der Waals surface area contributed by atoms with E-state index < -0.39 is 0 Å². The SMILES string of the molecule is COc1cccc(Cc2nsc(N(CCC(=O)NCCN3CCCCC3)C(C)C)n2)c1. The smallest absolute Gasteiger partial charge is 0.221 e. The van der Waals surface area contributed by atoms with Gasteiger partial charge in [-0.2, -0.15) is 4.37 Å². The summed E-state index contributed by atoms with van der Waals surface area (Å²) in [4.78, 5) is 21.7. The summed E-state index contributed by atoms with van der Waals surface area (Å²) in [6.07, 6.45) is 5.01. The van der Waals surface area contributed by atoms with E-state index in [0.29, 0.717) is 19.4 Å². The van der Waals surface area contributed by atoms with E-state index >= 15 is 0 Å². The molecule has 0 spiro atoms. The molecule has 170 valence electrons. The van der Waals surface area contributed by atoms with Crippen molar-refractivity contribution in [3.05, 3.63) is 35.7 Å². The third-order valence-corrected chi connectivity index (χ3v) is 6.39. The third kappa shape index (κ3) is 7.47. The summed E-state index contributed by atoms with van der Waals surface area (Å²) in [6, 6.07) is 8.22. The first-order valence-electron chi connectivity index (χ1n) is 11.3. The number of piperidine rings is 1. The van der Waals surface area contributed by atoms with Gasteiger partial charge in [0.1, 0.15) is 11.6 Å². The number of nitrogens with one attached hydrogen (secondary N) is 1. The van der Waals surface area contributed by atoms with Gasteiger partial charge < -0.3 is 19.9 Å². The van der Waals surface area contributed by atoms with E-state index in [0.717, 1.165) is 48.4 Å². The quantitative estimate of drug-likeness (QED) is 0.572. The van der Waals surface area contributed by atoms with Crippen LogP contribution in [0.15, 0.2) is 24.3 Å². The Balaban J connectivity index is 1.48. The number of rotatable bonds is 11. The van der Waals surface area contributed by atoms with Crippen molar-refractivity contribution >= 4 is 22.6 Å². The Morgan fingerprint density at radius 1 is 1.29 bits per heavy atom. The van der Waals surface area contributed by atoms with Gasteiger partial charge in [0.15, 0.2) is 0 Å². The van der Waals surface area contributed by atoms with Crippen molar-refractivity contribution in [2.24, 2.45) is 0 Å². The van der Waals surface area contributed by atoms with E-state index in [-0.39, 0.29) is 11.9 Å². The van der Waals surface area contributed by atoms with Crippen LogP contribution in [0.1, 0.15) is 50.9 Å². The molecule has 3 rings (SSSR count). The van der Waals surface area contributed by atoms with Crippen molar-refractivity contribution in [3.63, 3.8) is 0 Å². The molecule has 1 aromatic carbocycles. The van der Waals surface area contributed by atoms with Crippen LogP contribution in [0.25, 0.3) is 0 Å². The summed E-state index contributed by atoms with van der Waals surface area (Å²) in [5.74, 6) is 1.73. The second kappa shape index (κ2) is 12.0. The molecule has 0 atom stereocenters. The van der Waals surface area contributed by atoms with E-state index in [1.54, 1.807) is 7.11 Å². The van der Waals surface area contributed by atoms with Crippen LogP contribution in [-0.4, -0.2) is 66.0 Å². The molecule has 1 aliphatic rings. The Morgan fingerprint density at radius 2 is 2.10 bits per heavy atom. The zero-order valence-corrected chi connectivity index (χ0v) is 19.8. The van der Waals surface area contributed by atoms with Gasteiger partial charge in [-0.15, -0.1) is 0 Å². The predicted molar refractivity (Wildman–Crippen MR) is 126 cm³/mol. The highest BCUT2D eigenvalue weighted by atomic mass is 32.1. The normalized spacial score (nSPS) is 14.6. The van der Waals surface area contributed by atoms with Crippen LogP contribution >= 0.6 is 11.5 Å². The lowest BCUT2D eigenvalue weighted by Crippen LogP contribution is -2.39. The molecule has 0 radical (unpaired) electrons. The van der Waals surface area contributed by atoms with Gasteiger partial charge in [-0.3, -0.25) is 4.79 Å². The van der Waals surface area contributed by atoms with Crippen molar-refractivity contribution in [3.8, 4) is 5.75 Å². The fourth-order valence-electron chi connectivity index (χ4n) is 3.82. The number of hydrogen-bond donors (Lipinski definition) is 1. The molecule has 1 N–H and O–H groups in total. The van der Waals surface area contributed by atoms with Crippen LogP contribution in [-0.2, 0) is 11.2 Å². The molecule has 1 aliphatic heterocycles. The monoisotopic (exact) mass is 445 g/mol. The van der Waals surface area contributed by atoms with Crippen molar-refractivity contribution < 1.29 is 9.53 Å². The van der Waals surface area contributed by atoms with Crippen LogP contribution < -0.4 is 15.0 Å². The minimum atomic E-state index is 0.101. The topological polar surface area (TPSA) is 70.6 Å². The summed E-state index contributed by atoms with van der Waals surface area (Å²) < 4.78 is 9.84. The molecular weight excluding hydrogens is 410 g/mol. The minimum Gasteiger partial charge on any atom is -0.497 e. The largest absolute Gasteiger partial charge is 0.497 e. The maximum Gasteiger partial charge on any atom is 0.221 e. The average molecular weight is 446 g/mol. The first kappa shape index (κ1) is 23.5. The third-order valence-electron chi connectivity index (χ3n) is 5.60. The molecule has 2 heterocycles. The molecule has 1 amide bonds. The second-order valence-corrected chi connectivity index (χ2v) is 9.04. The number of anilines is 1. The second-order valence-electron chi connectivity index (χ2n) is 8.31. The van der Waals surface area contributed by atoms with Gasteiger partial charge in [-0.25, -0.2) is 4.98 Å². The summed E-state index contributed by atoms with van der Waals surface area (Å²) in [7, 11) is 1.67. The predicted octanol–water partition coefficient (Wildman–Crippen LogP) is 3.34. The number of carbonyl (C=O) groups is 1. The van der Waals surface area contributed by atoms with Gasteiger partial charge >= 0.3 is 0 Å². The molecule has 0 unspecified atom stereocenters. The van der Waals surface area contributed by atoms with Gasteiger partial charge in [-0.1, -0.05) is 18.6 Å².